The standard InChI is InChI=1S/C12H13NOS/c14-9-5-1-2-8-12-13-10-6-3-4-7-11(10)15-12/h3-4,6-7,9H,1-2,5,8H2. The number of unbranched alkanes of at least 4 members (excludes halogenated alkanes) is 2. The van der Waals surface area contributed by atoms with Gasteiger partial charge in [-0.15, -0.1) is 11.3 Å². The summed E-state index contributed by atoms with van der Waals surface area (Å²) < 4.78 is 1.25. The number of aromatic nitrogens is 1. The molecule has 2 rings (SSSR count). The minimum absolute atomic E-state index is 0.672. The molecule has 0 saturated carbocycles. The number of aryl methyl sites for hydroxylation is 1. The van der Waals surface area contributed by atoms with Gasteiger partial charge in [-0.3, -0.25) is 0 Å². The molecule has 0 unspecified atom stereocenters. The highest BCUT2D eigenvalue weighted by atomic mass is 32.1. The Labute approximate surface area is 93.0 Å². The quantitative estimate of drug-likeness (QED) is 0.571. The summed E-state index contributed by atoms with van der Waals surface area (Å²) in [4.78, 5) is 14.7. The first-order chi connectivity index (χ1) is 7.40. The summed E-state index contributed by atoms with van der Waals surface area (Å²) in [5.41, 5.74) is 1.09. The van der Waals surface area contributed by atoms with E-state index in [1.165, 1.54) is 9.71 Å². The zero-order valence-electron chi connectivity index (χ0n) is 8.48. The van der Waals surface area contributed by atoms with E-state index in [4.69, 9.17) is 0 Å². The molecule has 1 aromatic heterocycles. The van der Waals surface area contributed by atoms with Crippen LogP contribution in [0.15, 0.2) is 24.3 Å². The van der Waals surface area contributed by atoms with E-state index in [-0.39, 0.29) is 0 Å². The third-order valence-electron chi connectivity index (χ3n) is 2.30. The van der Waals surface area contributed by atoms with Crippen molar-refractivity contribution >= 4 is 27.8 Å². The van der Waals surface area contributed by atoms with Crippen LogP contribution in [0.2, 0.25) is 0 Å². The maximum absolute atomic E-state index is 10.1. The zero-order chi connectivity index (χ0) is 10.5. The van der Waals surface area contributed by atoms with Crippen LogP contribution in [0.4, 0.5) is 0 Å². The Kier molecular flexibility index (Phi) is 3.45. The van der Waals surface area contributed by atoms with Crippen LogP contribution >= 0.6 is 11.3 Å². The van der Waals surface area contributed by atoms with Crippen LogP contribution in [-0.4, -0.2) is 11.3 Å². The molecule has 2 nitrogen and oxygen atoms in total. The number of fused-ring (bicyclic) bond motifs is 1. The molecule has 0 aliphatic heterocycles. The Morgan fingerprint density at radius 2 is 2.13 bits per heavy atom. The summed E-state index contributed by atoms with van der Waals surface area (Å²) in [6, 6.07) is 8.19. The fourth-order valence-electron chi connectivity index (χ4n) is 1.53. The van der Waals surface area contributed by atoms with Crippen LogP contribution in [0.25, 0.3) is 10.2 Å². The summed E-state index contributed by atoms with van der Waals surface area (Å²) in [7, 11) is 0. The monoisotopic (exact) mass is 219 g/mol. The third-order valence-corrected chi connectivity index (χ3v) is 3.40. The SMILES string of the molecule is O=CCCCCc1nc2ccccc2s1. The Morgan fingerprint density at radius 3 is 2.93 bits per heavy atom. The zero-order valence-corrected chi connectivity index (χ0v) is 9.30. The first-order valence-corrected chi connectivity index (χ1v) is 6.00. The Balaban J connectivity index is 1.99. The van der Waals surface area contributed by atoms with Crippen molar-refractivity contribution in [2.75, 3.05) is 0 Å². The number of hydrogen-bond donors (Lipinski definition) is 0. The van der Waals surface area contributed by atoms with Gasteiger partial charge >= 0.3 is 0 Å². The number of thiazole rings is 1. The molecule has 0 amide bonds. The predicted octanol–water partition coefficient (Wildman–Crippen LogP) is 3.21. The average molecular weight is 219 g/mol. The predicted molar refractivity (Wildman–Crippen MR) is 63.2 cm³/mol. The van der Waals surface area contributed by atoms with Gasteiger partial charge in [0.05, 0.1) is 15.2 Å². The van der Waals surface area contributed by atoms with Crippen LogP contribution in [0.1, 0.15) is 24.3 Å². The van der Waals surface area contributed by atoms with Gasteiger partial charge in [-0.1, -0.05) is 12.1 Å². The van der Waals surface area contributed by atoms with Gasteiger partial charge in [-0.2, -0.15) is 0 Å². The second kappa shape index (κ2) is 5.03. The van der Waals surface area contributed by atoms with Crippen molar-refractivity contribution in [3.63, 3.8) is 0 Å². The fraction of sp³-hybridized carbons (Fsp3) is 0.333. The van der Waals surface area contributed by atoms with Crippen LogP contribution in [0.3, 0.4) is 0 Å². The number of carbonyl (C=O) groups excluding carboxylic acids is 1. The molecule has 1 aromatic carbocycles. The smallest absolute Gasteiger partial charge is 0.119 e. The molecular weight excluding hydrogens is 206 g/mol. The van der Waals surface area contributed by atoms with Crippen molar-refractivity contribution in [3.05, 3.63) is 29.3 Å². The summed E-state index contributed by atoms with van der Waals surface area (Å²) >= 11 is 1.76. The second-order valence-corrected chi connectivity index (χ2v) is 4.60. The van der Waals surface area contributed by atoms with E-state index in [9.17, 15) is 4.79 Å². The molecule has 3 heteroatoms. The van der Waals surface area contributed by atoms with Crippen LogP contribution in [0.5, 0.6) is 0 Å². The highest BCUT2D eigenvalue weighted by Crippen LogP contribution is 2.22. The Bertz CT molecular complexity index is 417. The van der Waals surface area contributed by atoms with Gasteiger partial charge in [0.1, 0.15) is 6.29 Å². The Hall–Kier alpha value is -1.22. The van der Waals surface area contributed by atoms with E-state index >= 15 is 0 Å². The number of rotatable bonds is 5. The number of nitrogens with zero attached hydrogens (tertiary/aromatic N) is 1. The summed E-state index contributed by atoms with van der Waals surface area (Å²) in [5.74, 6) is 0. The van der Waals surface area contributed by atoms with Crippen molar-refractivity contribution < 1.29 is 4.79 Å². The van der Waals surface area contributed by atoms with Gasteiger partial charge in [-0.25, -0.2) is 4.98 Å². The maximum atomic E-state index is 10.1. The van der Waals surface area contributed by atoms with E-state index in [2.05, 4.69) is 11.1 Å². The fourth-order valence-corrected chi connectivity index (χ4v) is 2.54. The lowest BCUT2D eigenvalue weighted by molar-refractivity contribution is -0.107. The highest BCUT2D eigenvalue weighted by molar-refractivity contribution is 7.18. The molecule has 0 saturated heterocycles. The van der Waals surface area contributed by atoms with Gasteiger partial charge in [-0.05, 0) is 31.4 Å². The normalized spacial score (nSPS) is 10.7. The number of aldehydes is 1. The summed E-state index contributed by atoms with van der Waals surface area (Å²) in [5, 5.41) is 1.18. The van der Waals surface area contributed by atoms with Crippen molar-refractivity contribution in [2.24, 2.45) is 0 Å². The molecule has 15 heavy (non-hydrogen) atoms. The molecule has 0 N–H and O–H groups in total. The van der Waals surface area contributed by atoms with E-state index < -0.39 is 0 Å². The van der Waals surface area contributed by atoms with Gasteiger partial charge in [0.15, 0.2) is 0 Å². The molecule has 2 aromatic rings. The lowest BCUT2D eigenvalue weighted by atomic mass is 10.2. The van der Waals surface area contributed by atoms with Gasteiger partial charge in [0.25, 0.3) is 0 Å². The van der Waals surface area contributed by atoms with E-state index in [0.29, 0.717) is 6.42 Å². The molecule has 0 spiro atoms. The van der Waals surface area contributed by atoms with Crippen molar-refractivity contribution in [1.29, 1.82) is 0 Å². The van der Waals surface area contributed by atoms with Gasteiger partial charge in [0, 0.05) is 6.42 Å². The van der Waals surface area contributed by atoms with Crippen LogP contribution in [-0.2, 0) is 11.2 Å². The van der Waals surface area contributed by atoms with Crippen molar-refractivity contribution in [3.8, 4) is 0 Å². The first-order valence-electron chi connectivity index (χ1n) is 5.18. The third kappa shape index (κ3) is 2.63. The molecule has 1 heterocycles. The van der Waals surface area contributed by atoms with Crippen LogP contribution < -0.4 is 0 Å². The molecule has 0 aliphatic rings. The number of hydrogen-bond acceptors (Lipinski definition) is 3. The lowest BCUT2D eigenvalue weighted by Gasteiger charge is -1.92. The summed E-state index contributed by atoms with van der Waals surface area (Å²) in [6.45, 7) is 0. The number of carbonyl (C=O) groups is 1. The first kappa shape index (κ1) is 10.3. The number of benzene rings is 1. The summed E-state index contributed by atoms with van der Waals surface area (Å²) in [6.07, 6.45) is 4.68. The van der Waals surface area contributed by atoms with Gasteiger partial charge in [0.2, 0.25) is 0 Å². The average Bonchev–Trinajstić information content (AvgIpc) is 2.67. The molecular formula is C12H13NOS. The van der Waals surface area contributed by atoms with Gasteiger partial charge < -0.3 is 4.79 Å². The minimum Gasteiger partial charge on any atom is -0.303 e. The molecule has 0 radical (unpaired) electrons. The minimum atomic E-state index is 0.672. The second-order valence-electron chi connectivity index (χ2n) is 3.49. The van der Waals surface area contributed by atoms with Crippen molar-refractivity contribution in [2.45, 2.75) is 25.7 Å². The highest BCUT2D eigenvalue weighted by Gasteiger charge is 2.01. The largest absolute Gasteiger partial charge is 0.303 e. The van der Waals surface area contributed by atoms with Crippen molar-refractivity contribution in [1.82, 2.24) is 4.98 Å². The molecule has 0 bridgehead atoms. The van der Waals surface area contributed by atoms with E-state index in [1.54, 1.807) is 11.3 Å². The number of para-hydroxylation sites is 1. The van der Waals surface area contributed by atoms with Crippen LogP contribution in [0, 0.1) is 0 Å². The molecule has 0 aliphatic carbocycles. The topological polar surface area (TPSA) is 30.0 Å². The Morgan fingerprint density at radius 1 is 1.27 bits per heavy atom. The maximum Gasteiger partial charge on any atom is 0.119 e. The molecule has 0 fully saturated rings. The molecule has 78 valence electrons. The van der Waals surface area contributed by atoms with E-state index in [1.807, 2.05) is 18.2 Å². The lowest BCUT2D eigenvalue weighted by Crippen LogP contribution is -1.84. The van der Waals surface area contributed by atoms with E-state index in [0.717, 1.165) is 31.1 Å². The molecule has 0 atom stereocenters.